The lowest BCUT2D eigenvalue weighted by Gasteiger charge is -2.03. The molecule has 26 heavy (non-hydrogen) atoms. The normalized spacial score (nSPS) is 10.9. The Hall–Kier alpha value is -2.37. The van der Waals surface area contributed by atoms with Gasteiger partial charge < -0.3 is 9.52 Å². The third kappa shape index (κ3) is 4.23. The molecule has 0 aliphatic carbocycles. The van der Waals surface area contributed by atoms with Gasteiger partial charge in [-0.1, -0.05) is 41.4 Å². The molecule has 0 spiro atoms. The molecule has 1 N–H and O–H groups in total. The van der Waals surface area contributed by atoms with E-state index in [1.54, 1.807) is 30.3 Å². The summed E-state index contributed by atoms with van der Waals surface area (Å²) in [5, 5.41) is 9.55. The number of aromatic nitrogens is 1. The van der Waals surface area contributed by atoms with Crippen LogP contribution in [0.25, 0.3) is 22.6 Å². The molecule has 134 valence electrons. The van der Waals surface area contributed by atoms with Crippen molar-refractivity contribution in [1.29, 1.82) is 0 Å². The van der Waals surface area contributed by atoms with Crippen molar-refractivity contribution < 1.29 is 18.7 Å². The largest absolute Gasteiger partial charge is 0.481 e. The monoisotopic (exact) mass is 393 g/mol. The number of carboxylic acid groups (broad SMARTS) is 1. The predicted octanol–water partition coefficient (Wildman–Crippen LogP) is 5.86. The molecular weight excluding hydrogens is 380 g/mol. The Labute approximate surface area is 159 Å². The molecule has 0 aliphatic rings. The highest BCUT2D eigenvalue weighted by Gasteiger charge is 2.18. The lowest BCUT2D eigenvalue weighted by atomic mass is 10.1. The van der Waals surface area contributed by atoms with Crippen molar-refractivity contribution in [2.45, 2.75) is 19.3 Å². The Morgan fingerprint density at radius 2 is 1.92 bits per heavy atom. The van der Waals surface area contributed by atoms with Crippen LogP contribution in [0.5, 0.6) is 0 Å². The predicted molar refractivity (Wildman–Crippen MR) is 97.9 cm³/mol. The van der Waals surface area contributed by atoms with Gasteiger partial charge in [0, 0.05) is 24.0 Å². The van der Waals surface area contributed by atoms with E-state index in [-0.39, 0.29) is 6.42 Å². The van der Waals surface area contributed by atoms with Crippen molar-refractivity contribution >= 4 is 29.2 Å². The molecule has 4 nitrogen and oxygen atoms in total. The van der Waals surface area contributed by atoms with Crippen LogP contribution in [0, 0.1) is 5.82 Å². The number of rotatable bonds is 6. The number of halogens is 3. The fourth-order valence-electron chi connectivity index (χ4n) is 2.53. The van der Waals surface area contributed by atoms with E-state index >= 15 is 0 Å². The van der Waals surface area contributed by atoms with Gasteiger partial charge in [0.15, 0.2) is 11.7 Å². The molecule has 0 amide bonds. The summed E-state index contributed by atoms with van der Waals surface area (Å²) in [7, 11) is 0. The maximum absolute atomic E-state index is 13.6. The zero-order chi connectivity index (χ0) is 18.7. The molecule has 7 heteroatoms. The number of oxazole rings is 1. The van der Waals surface area contributed by atoms with E-state index in [0.29, 0.717) is 51.4 Å². The zero-order valence-electron chi connectivity index (χ0n) is 13.5. The number of hydrogen-bond donors (Lipinski definition) is 1. The lowest BCUT2D eigenvalue weighted by Crippen LogP contribution is -1.95. The highest BCUT2D eigenvalue weighted by atomic mass is 35.5. The fourth-order valence-corrected chi connectivity index (χ4v) is 2.82. The summed E-state index contributed by atoms with van der Waals surface area (Å²) in [6.07, 6.45) is 0.759. The Morgan fingerprint density at radius 3 is 2.62 bits per heavy atom. The number of hydrogen-bond acceptors (Lipinski definition) is 3. The topological polar surface area (TPSA) is 63.3 Å². The number of benzene rings is 2. The molecule has 3 aromatic rings. The van der Waals surface area contributed by atoms with Crippen LogP contribution in [0.15, 0.2) is 46.9 Å². The van der Waals surface area contributed by atoms with Gasteiger partial charge in [0.25, 0.3) is 0 Å². The van der Waals surface area contributed by atoms with Gasteiger partial charge in [-0.05, 0) is 30.7 Å². The maximum atomic E-state index is 13.6. The molecule has 3 rings (SSSR count). The highest BCUT2D eigenvalue weighted by molar-refractivity contribution is 6.42. The van der Waals surface area contributed by atoms with Crippen molar-refractivity contribution in [3.8, 4) is 22.6 Å². The number of nitrogens with zero attached hydrogens (tertiary/aromatic N) is 1. The van der Waals surface area contributed by atoms with E-state index in [9.17, 15) is 9.18 Å². The number of carboxylic acids is 1. The summed E-state index contributed by atoms with van der Waals surface area (Å²) >= 11 is 12.1. The van der Waals surface area contributed by atoms with Crippen LogP contribution >= 0.6 is 23.2 Å². The van der Waals surface area contributed by atoms with E-state index in [4.69, 9.17) is 32.7 Å². The fraction of sp³-hybridized carbons (Fsp3) is 0.158. The Kier molecular flexibility index (Phi) is 5.59. The van der Waals surface area contributed by atoms with Crippen molar-refractivity contribution in [2.24, 2.45) is 0 Å². The van der Waals surface area contributed by atoms with Gasteiger partial charge in [-0.3, -0.25) is 4.79 Å². The first-order valence-corrected chi connectivity index (χ1v) is 8.62. The summed E-state index contributed by atoms with van der Waals surface area (Å²) in [6, 6.07) is 11.0. The molecular formula is C19H14Cl2FNO3. The third-order valence-electron chi connectivity index (χ3n) is 3.73. The van der Waals surface area contributed by atoms with E-state index in [1.165, 1.54) is 12.1 Å². The van der Waals surface area contributed by atoms with E-state index in [0.717, 1.165) is 0 Å². The van der Waals surface area contributed by atoms with Crippen LogP contribution in [0.1, 0.15) is 18.7 Å². The number of aliphatic carboxylic acids is 1. The van der Waals surface area contributed by atoms with Crippen molar-refractivity contribution in [3.05, 3.63) is 64.2 Å². The van der Waals surface area contributed by atoms with E-state index < -0.39 is 11.8 Å². The van der Waals surface area contributed by atoms with Crippen molar-refractivity contribution in [2.75, 3.05) is 0 Å². The maximum Gasteiger partial charge on any atom is 0.303 e. The molecule has 0 radical (unpaired) electrons. The summed E-state index contributed by atoms with van der Waals surface area (Å²) in [5.74, 6) is -0.502. The van der Waals surface area contributed by atoms with Gasteiger partial charge in [-0.2, -0.15) is 0 Å². The Balaban J connectivity index is 2.03. The third-order valence-corrected chi connectivity index (χ3v) is 4.47. The minimum atomic E-state index is -0.883. The second kappa shape index (κ2) is 7.89. The molecule has 1 heterocycles. The molecule has 0 saturated heterocycles. The second-order valence-electron chi connectivity index (χ2n) is 5.67. The zero-order valence-corrected chi connectivity index (χ0v) is 15.0. The molecule has 0 fully saturated rings. The van der Waals surface area contributed by atoms with Gasteiger partial charge >= 0.3 is 5.97 Å². The highest BCUT2D eigenvalue weighted by Crippen LogP contribution is 2.36. The number of aryl methyl sites for hydroxylation is 1. The Bertz CT molecular complexity index is 956. The standard InChI is InChI=1S/C19H14Cl2FNO3/c20-14-8-7-11(10-15(14)21)18-19(12-3-1-4-13(22)9-12)26-16(23-18)5-2-6-17(24)25/h1,3-4,7-10H,2,5-6H2,(H,24,25). The molecule has 0 atom stereocenters. The summed E-state index contributed by atoms with van der Waals surface area (Å²) < 4.78 is 19.5. The molecule has 2 aromatic carbocycles. The summed E-state index contributed by atoms with van der Waals surface area (Å²) in [5.41, 5.74) is 1.70. The first kappa shape index (κ1) is 18.4. The Morgan fingerprint density at radius 1 is 1.12 bits per heavy atom. The van der Waals surface area contributed by atoms with Gasteiger partial charge in [0.2, 0.25) is 0 Å². The average molecular weight is 394 g/mol. The first-order chi connectivity index (χ1) is 12.4. The van der Waals surface area contributed by atoms with Crippen LogP contribution in [0.2, 0.25) is 10.0 Å². The van der Waals surface area contributed by atoms with Crippen molar-refractivity contribution in [3.63, 3.8) is 0 Å². The summed E-state index contributed by atoms with van der Waals surface area (Å²) in [6.45, 7) is 0. The smallest absolute Gasteiger partial charge is 0.303 e. The van der Waals surface area contributed by atoms with E-state index in [2.05, 4.69) is 4.98 Å². The molecule has 0 unspecified atom stereocenters. The summed E-state index contributed by atoms with van der Waals surface area (Å²) in [4.78, 5) is 15.2. The minimum Gasteiger partial charge on any atom is -0.481 e. The SMILES string of the molecule is O=C(O)CCCc1nc(-c2ccc(Cl)c(Cl)c2)c(-c2cccc(F)c2)o1. The number of carbonyl (C=O) groups is 1. The molecule has 1 aromatic heterocycles. The lowest BCUT2D eigenvalue weighted by molar-refractivity contribution is -0.137. The van der Waals surface area contributed by atoms with Crippen LogP contribution in [0.4, 0.5) is 4.39 Å². The van der Waals surface area contributed by atoms with Gasteiger partial charge in [0.1, 0.15) is 11.5 Å². The van der Waals surface area contributed by atoms with Gasteiger partial charge in [-0.15, -0.1) is 0 Å². The molecule has 0 bridgehead atoms. The first-order valence-electron chi connectivity index (χ1n) is 7.87. The van der Waals surface area contributed by atoms with E-state index in [1.807, 2.05) is 0 Å². The van der Waals surface area contributed by atoms with Gasteiger partial charge in [-0.25, -0.2) is 9.37 Å². The van der Waals surface area contributed by atoms with Gasteiger partial charge in [0.05, 0.1) is 10.0 Å². The van der Waals surface area contributed by atoms with Crippen LogP contribution in [-0.2, 0) is 11.2 Å². The van der Waals surface area contributed by atoms with Crippen LogP contribution < -0.4 is 0 Å². The average Bonchev–Trinajstić information content (AvgIpc) is 3.01. The molecule has 0 saturated carbocycles. The second-order valence-corrected chi connectivity index (χ2v) is 6.49. The molecule has 0 aliphatic heterocycles. The van der Waals surface area contributed by atoms with Crippen molar-refractivity contribution in [1.82, 2.24) is 4.98 Å². The quantitative estimate of drug-likeness (QED) is 0.569. The van der Waals surface area contributed by atoms with Crippen LogP contribution in [0.3, 0.4) is 0 Å². The minimum absolute atomic E-state index is 0.0137. The van der Waals surface area contributed by atoms with Crippen LogP contribution in [-0.4, -0.2) is 16.1 Å².